The number of aromatic nitrogens is 4. The van der Waals surface area contributed by atoms with Gasteiger partial charge in [-0.15, -0.1) is 11.8 Å². The number of hydrogen-bond donors (Lipinski definition) is 4. The number of nitrogens with one attached hydrogen (secondary N) is 3. The van der Waals surface area contributed by atoms with Crippen molar-refractivity contribution in [1.29, 1.82) is 5.26 Å². The number of piperidine rings is 1. The Bertz CT molecular complexity index is 3070. The van der Waals surface area contributed by atoms with E-state index in [1.54, 1.807) is 30.6 Å². The Kier molecular flexibility index (Phi) is 19.1. The molecule has 2 bridgehead atoms. The van der Waals surface area contributed by atoms with Crippen LogP contribution in [0.1, 0.15) is 141 Å². The summed E-state index contributed by atoms with van der Waals surface area (Å²) in [5.41, 5.74) is 9.08. The van der Waals surface area contributed by atoms with Crippen LogP contribution >= 0.6 is 11.8 Å². The van der Waals surface area contributed by atoms with Crippen LogP contribution in [0.5, 0.6) is 0 Å². The van der Waals surface area contributed by atoms with Gasteiger partial charge in [-0.2, -0.15) is 10.4 Å². The molecule has 4 aromatic rings. The lowest BCUT2D eigenvalue weighted by Gasteiger charge is -2.38. The normalized spacial score (nSPS) is 19.8. The molecule has 5 N–H and O–H groups in total. The van der Waals surface area contributed by atoms with E-state index in [1.807, 2.05) is 9.80 Å². The fraction of sp³-hybridized carbons (Fsp3) is 0.534. The maximum atomic E-state index is 14.8. The minimum Gasteiger partial charge on any atom is -0.381 e. The zero-order valence-electron chi connectivity index (χ0n) is 46.3. The van der Waals surface area contributed by atoms with Crippen molar-refractivity contribution in [3.05, 3.63) is 88.4 Å². The first-order valence-corrected chi connectivity index (χ1v) is 29.4. The van der Waals surface area contributed by atoms with Gasteiger partial charge in [0.15, 0.2) is 23.1 Å². The van der Waals surface area contributed by atoms with E-state index in [0.717, 1.165) is 50.0 Å². The highest BCUT2D eigenvalue weighted by atomic mass is 32.2. The third kappa shape index (κ3) is 13.4. The van der Waals surface area contributed by atoms with Crippen LogP contribution in [0.3, 0.4) is 0 Å². The Morgan fingerprint density at radius 3 is 2.35 bits per heavy atom. The SMILES string of the molecule is CN[C@H](C)C(=O)N[C@@H](C(=O)N1CCC[C@@H]1C1=NC(C(=O)c2ccc(F)cc2)CS1)C1CCN(C(=O)CCCCCCCCC(=O)NCCn2nc(C#N)c3c2CN(C)C(=O)c2ccc(F)cc2[C@H]2CCCN2c2nc-3cnc2N)CC1. The van der Waals surface area contributed by atoms with Crippen LogP contribution in [0.2, 0.25) is 0 Å². The first-order valence-electron chi connectivity index (χ1n) is 28.4. The van der Waals surface area contributed by atoms with Crippen molar-refractivity contribution >= 4 is 63.8 Å². The van der Waals surface area contributed by atoms with Crippen LogP contribution in [-0.4, -0.2) is 152 Å². The van der Waals surface area contributed by atoms with Crippen molar-refractivity contribution in [3.8, 4) is 17.3 Å². The average molecular weight is 1130 g/mol. The van der Waals surface area contributed by atoms with Gasteiger partial charge in [0.05, 0.1) is 59.4 Å². The minimum absolute atomic E-state index is 0.0358. The Hall–Kier alpha value is -7.32. The van der Waals surface area contributed by atoms with Crippen LogP contribution in [-0.2, 0) is 32.3 Å². The number of unbranched alkanes of at least 4 members (excludes halogenated alkanes) is 5. The van der Waals surface area contributed by atoms with E-state index in [2.05, 4.69) is 32.1 Å². The lowest BCUT2D eigenvalue weighted by molar-refractivity contribution is -0.139. The second-order valence-corrected chi connectivity index (χ2v) is 22.8. The average Bonchev–Trinajstić information content (AvgIpc) is 4.43. The number of benzene rings is 2. The Labute approximate surface area is 475 Å². The molecule has 5 aliphatic heterocycles. The number of rotatable bonds is 20. The van der Waals surface area contributed by atoms with E-state index >= 15 is 0 Å². The molecule has 0 spiro atoms. The first-order chi connectivity index (χ1) is 39.1. The van der Waals surface area contributed by atoms with E-state index in [0.29, 0.717) is 116 Å². The molecule has 2 aromatic carbocycles. The maximum Gasteiger partial charge on any atom is 0.254 e. The van der Waals surface area contributed by atoms with E-state index in [9.17, 15) is 42.8 Å². The van der Waals surface area contributed by atoms with Crippen molar-refractivity contribution in [3.63, 3.8) is 0 Å². The minimum atomic E-state index is -0.788. The molecule has 3 fully saturated rings. The Morgan fingerprint density at radius 1 is 0.901 bits per heavy atom. The molecule has 3 saturated heterocycles. The number of halogens is 2. The lowest BCUT2D eigenvalue weighted by Crippen LogP contribution is -2.58. The van der Waals surface area contributed by atoms with Crippen molar-refractivity contribution in [2.75, 3.05) is 63.2 Å². The number of likely N-dealkylation sites (tertiary alicyclic amines) is 2. The smallest absolute Gasteiger partial charge is 0.254 e. The summed E-state index contributed by atoms with van der Waals surface area (Å²) in [6.07, 6.45) is 11.2. The van der Waals surface area contributed by atoms with Gasteiger partial charge >= 0.3 is 0 Å². The second kappa shape index (κ2) is 26.5. The number of likely N-dealkylation sites (N-methyl/N-ethyl adjacent to an activating group) is 1. The molecule has 5 atom stereocenters. The van der Waals surface area contributed by atoms with Crippen LogP contribution in [0.15, 0.2) is 53.7 Å². The molecule has 81 heavy (non-hydrogen) atoms. The number of nitrogens with two attached hydrogens (primary N) is 1. The second-order valence-electron chi connectivity index (χ2n) is 21.8. The molecule has 0 aliphatic carbocycles. The molecule has 23 heteroatoms. The summed E-state index contributed by atoms with van der Waals surface area (Å²) in [5, 5.41) is 24.6. The fourth-order valence-electron chi connectivity index (χ4n) is 11.8. The summed E-state index contributed by atoms with van der Waals surface area (Å²) in [7, 11) is 3.33. The molecule has 0 saturated carbocycles. The van der Waals surface area contributed by atoms with E-state index in [4.69, 9.17) is 15.7 Å². The van der Waals surface area contributed by atoms with Crippen LogP contribution < -0.4 is 26.6 Å². The number of hydrogen-bond acceptors (Lipinski definition) is 15. The topological polar surface area (TPSA) is 257 Å². The highest BCUT2D eigenvalue weighted by Crippen LogP contribution is 2.41. The summed E-state index contributed by atoms with van der Waals surface area (Å²) in [6.45, 7) is 4.21. The number of carbonyl (C=O) groups is 6. The first kappa shape index (κ1) is 58.3. The maximum absolute atomic E-state index is 14.8. The summed E-state index contributed by atoms with van der Waals surface area (Å²) in [5.74, 6) is -1.10. The quantitative estimate of drug-likeness (QED) is 0.0589. The number of anilines is 2. The molecule has 430 valence electrons. The van der Waals surface area contributed by atoms with Gasteiger partial charge in [0.1, 0.15) is 29.8 Å². The third-order valence-corrected chi connectivity index (χ3v) is 17.6. The molecule has 9 rings (SSSR count). The molecule has 2 aromatic heterocycles. The number of thioether (sulfide) groups is 1. The summed E-state index contributed by atoms with van der Waals surface area (Å²) >= 11 is 1.47. The summed E-state index contributed by atoms with van der Waals surface area (Å²) in [4.78, 5) is 103. The lowest BCUT2D eigenvalue weighted by atomic mass is 9.87. The fourth-order valence-corrected chi connectivity index (χ4v) is 13.0. The van der Waals surface area contributed by atoms with Gasteiger partial charge in [0, 0.05) is 69.5 Å². The number of nitriles is 1. The Morgan fingerprint density at radius 2 is 1.60 bits per heavy atom. The van der Waals surface area contributed by atoms with Crippen molar-refractivity contribution in [1.82, 2.24) is 50.4 Å². The molecule has 5 amide bonds. The number of nitrogen functional groups attached to an aromatic ring is 1. The van der Waals surface area contributed by atoms with Crippen molar-refractivity contribution in [2.24, 2.45) is 10.9 Å². The number of ketones is 1. The van der Waals surface area contributed by atoms with Crippen molar-refractivity contribution < 1.29 is 37.5 Å². The summed E-state index contributed by atoms with van der Waals surface area (Å²) < 4.78 is 29.9. The molecule has 7 heterocycles. The van der Waals surface area contributed by atoms with E-state index < -0.39 is 29.8 Å². The number of nitrogens with zero attached hydrogens (tertiary/aromatic N) is 10. The number of fused-ring (bicyclic) bond motifs is 8. The zero-order valence-corrected chi connectivity index (χ0v) is 47.1. The number of amides is 5. The van der Waals surface area contributed by atoms with Crippen LogP contribution in [0.4, 0.5) is 20.4 Å². The van der Waals surface area contributed by atoms with Gasteiger partial charge in [-0.05, 0) is 119 Å². The molecule has 20 nitrogen and oxygen atoms in total. The van der Waals surface area contributed by atoms with Crippen LogP contribution in [0.25, 0.3) is 11.3 Å². The van der Waals surface area contributed by atoms with Gasteiger partial charge in [0.2, 0.25) is 23.6 Å². The largest absolute Gasteiger partial charge is 0.381 e. The molecule has 1 unspecified atom stereocenters. The van der Waals surface area contributed by atoms with E-state index in [-0.39, 0.29) is 84.5 Å². The monoisotopic (exact) mass is 1130 g/mol. The number of aliphatic imine (C=N–C) groups is 1. The Balaban J connectivity index is 0.711. The van der Waals surface area contributed by atoms with E-state index in [1.165, 1.54) is 65.3 Å². The van der Waals surface area contributed by atoms with Crippen molar-refractivity contribution in [2.45, 2.75) is 140 Å². The van der Waals surface area contributed by atoms with Crippen LogP contribution in [0, 0.1) is 28.9 Å². The number of carbonyl (C=O) groups excluding carboxylic acids is 6. The standard InChI is InChI=1S/C58H72F2N14O6S/c1-35(63-2)55(78)68-51(58(80)73-26-11-13-46(73)56-67-44(34-81-56)52(77)37-16-18-38(59)19-17-37)36-22-27-71(28-23-36)49(76)15-9-7-5-4-6-8-14-48(75)64-24-29-74-47-33-70(3)57(79)40-21-20-39(60)30-41(40)45-12-10-25-72(45)54-53(62)65-32-43(66-54)50(47)42(31-61)69-74/h16-21,30,32,35-36,44-46,51,63H,4-15,22-29,33-34H2,1-3H3,(H2,62,65)(H,64,75)(H,68,78)/t35-,44?,45-,46-,51-/m1/s1. The summed E-state index contributed by atoms with van der Waals surface area (Å²) in [6, 6.07) is 9.18. The zero-order chi connectivity index (χ0) is 57.3. The number of Topliss-reactive ketones (excluding diaryl/α,β-unsaturated/α-hetero) is 1. The van der Waals surface area contributed by atoms with Gasteiger partial charge in [-0.3, -0.25) is 38.4 Å². The predicted molar refractivity (Wildman–Crippen MR) is 303 cm³/mol. The van der Waals surface area contributed by atoms with Gasteiger partial charge in [0.25, 0.3) is 5.91 Å². The molecular formula is C58H72F2N14O6S. The molecule has 5 aliphatic rings. The predicted octanol–water partition coefficient (Wildman–Crippen LogP) is 5.96. The molecule has 0 radical (unpaired) electrons. The molecular weight excluding hydrogens is 1060 g/mol. The highest BCUT2D eigenvalue weighted by Gasteiger charge is 2.43. The van der Waals surface area contributed by atoms with Gasteiger partial charge in [-0.25, -0.2) is 18.7 Å². The third-order valence-electron chi connectivity index (χ3n) is 16.4. The highest BCUT2D eigenvalue weighted by molar-refractivity contribution is 8.14. The van der Waals surface area contributed by atoms with Gasteiger partial charge in [-0.1, -0.05) is 25.7 Å². The van der Waals surface area contributed by atoms with Gasteiger partial charge < -0.3 is 41.3 Å².